The van der Waals surface area contributed by atoms with Gasteiger partial charge in [-0.3, -0.25) is 18.6 Å². The number of nitrogens with one attached hydrogen (secondary N) is 1. The van der Waals surface area contributed by atoms with Crippen molar-refractivity contribution < 1.29 is 37.3 Å². The summed E-state index contributed by atoms with van der Waals surface area (Å²) in [6.45, 7) is 6.88. The van der Waals surface area contributed by atoms with Gasteiger partial charge in [0.15, 0.2) is 0 Å². The van der Waals surface area contributed by atoms with E-state index in [0.29, 0.717) is 23.9 Å². The number of hydrogen-bond acceptors (Lipinski definition) is 6. The molecule has 76 heavy (non-hydrogen) atoms. The van der Waals surface area contributed by atoms with Crippen molar-refractivity contribution in [2.24, 2.45) is 0 Å². The van der Waals surface area contributed by atoms with Crippen molar-refractivity contribution >= 4 is 19.7 Å². The smallest absolute Gasteiger partial charge is 0.456 e. The van der Waals surface area contributed by atoms with E-state index in [2.05, 4.69) is 99.0 Å². The van der Waals surface area contributed by atoms with E-state index in [4.69, 9.17) is 13.8 Å². The second-order valence-corrected chi connectivity index (χ2v) is 23.6. The molecule has 0 aliphatic carbocycles. The second-order valence-electron chi connectivity index (χ2n) is 22.2. The van der Waals surface area contributed by atoms with Crippen LogP contribution in [0.2, 0.25) is 0 Å². The Morgan fingerprint density at radius 2 is 0.842 bits per heavy atom. The maximum absolute atomic E-state index is 13.6. The molecule has 440 valence electrons. The van der Waals surface area contributed by atoms with Gasteiger partial charge in [-0.1, -0.05) is 241 Å². The molecular weight excluding hydrogens is 964 g/mol. The number of likely N-dealkylation sites (N-methyl/N-ethyl adjacent to an activating group) is 1. The van der Waals surface area contributed by atoms with Gasteiger partial charge in [-0.2, -0.15) is 0 Å². The highest BCUT2D eigenvalue weighted by molar-refractivity contribution is 7.47. The van der Waals surface area contributed by atoms with Gasteiger partial charge in [-0.05, 0) is 102 Å². The largest absolute Gasteiger partial charge is 0.472 e. The topological polar surface area (TPSA) is 111 Å². The van der Waals surface area contributed by atoms with Gasteiger partial charge in [0, 0.05) is 12.8 Å². The molecule has 3 unspecified atom stereocenters. The molecule has 0 bridgehead atoms. The van der Waals surface area contributed by atoms with Crippen LogP contribution in [-0.2, 0) is 27.9 Å². The Hall–Kier alpha value is -2.81. The van der Waals surface area contributed by atoms with Crippen molar-refractivity contribution in [2.45, 2.75) is 283 Å². The van der Waals surface area contributed by atoms with Gasteiger partial charge in [-0.25, -0.2) is 4.57 Å². The van der Waals surface area contributed by atoms with E-state index in [1.165, 1.54) is 141 Å². The van der Waals surface area contributed by atoms with Crippen LogP contribution in [0.4, 0.5) is 0 Å². The maximum Gasteiger partial charge on any atom is 0.472 e. The van der Waals surface area contributed by atoms with Crippen molar-refractivity contribution in [1.29, 1.82) is 0 Å². The SMILES string of the molecule is CC/C=C\C/C=C\C/C=C\C/C=C\C/C=C\CCCCCC(=O)OC(/C=C/CCCCCCCCCCCC)C(COP(=O)(O)OCC[N+](C)(C)C)NC(=O)CCCCCCCCCCC/C=C/CCCCCCCC. The van der Waals surface area contributed by atoms with Gasteiger partial charge in [0.2, 0.25) is 5.91 Å². The molecule has 0 aromatic carbocycles. The number of rotatable bonds is 56. The normalized spacial score (nSPS) is 14.2. The van der Waals surface area contributed by atoms with E-state index in [9.17, 15) is 19.0 Å². The lowest BCUT2D eigenvalue weighted by Crippen LogP contribution is -2.47. The molecule has 0 aromatic rings. The molecule has 1 amide bonds. The number of ether oxygens (including phenoxy) is 1. The Morgan fingerprint density at radius 3 is 1.29 bits per heavy atom. The number of carbonyl (C=O) groups excluding carboxylic acids is 2. The fourth-order valence-electron chi connectivity index (χ4n) is 8.73. The Balaban J connectivity index is 5.31. The molecule has 9 nitrogen and oxygen atoms in total. The van der Waals surface area contributed by atoms with Gasteiger partial charge in [0.05, 0.1) is 33.8 Å². The average molecular weight is 1080 g/mol. The third-order valence-corrected chi connectivity index (χ3v) is 14.6. The van der Waals surface area contributed by atoms with Crippen molar-refractivity contribution in [2.75, 3.05) is 40.9 Å². The lowest BCUT2D eigenvalue weighted by atomic mass is 10.0. The van der Waals surface area contributed by atoms with Crippen molar-refractivity contribution in [3.8, 4) is 0 Å². The molecule has 0 rings (SSSR count). The first-order chi connectivity index (χ1) is 36.9. The number of phosphoric ester groups is 1. The van der Waals surface area contributed by atoms with E-state index in [1.54, 1.807) is 0 Å². The third kappa shape index (κ3) is 55.9. The highest BCUT2D eigenvalue weighted by atomic mass is 31.2. The zero-order valence-electron chi connectivity index (χ0n) is 50.2. The summed E-state index contributed by atoms with van der Waals surface area (Å²) in [5, 5.41) is 3.05. The van der Waals surface area contributed by atoms with Crippen LogP contribution < -0.4 is 5.32 Å². The van der Waals surface area contributed by atoms with Crippen LogP contribution in [0.5, 0.6) is 0 Å². The lowest BCUT2D eigenvalue weighted by molar-refractivity contribution is -0.870. The molecule has 10 heteroatoms. The van der Waals surface area contributed by atoms with Gasteiger partial charge >= 0.3 is 13.8 Å². The predicted octanol–water partition coefficient (Wildman–Crippen LogP) is 19.4. The number of unbranched alkanes of at least 4 members (excludes halogenated alkanes) is 28. The zero-order valence-corrected chi connectivity index (χ0v) is 51.1. The molecular formula is C66H120N2O7P+. The molecule has 0 aliphatic rings. The van der Waals surface area contributed by atoms with Crippen LogP contribution in [0, 0.1) is 0 Å². The quantitative estimate of drug-likeness (QED) is 0.0205. The molecule has 2 N–H and O–H groups in total. The van der Waals surface area contributed by atoms with Gasteiger partial charge in [0.25, 0.3) is 0 Å². The molecule has 0 aliphatic heterocycles. The van der Waals surface area contributed by atoms with Gasteiger partial charge in [-0.15, -0.1) is 0 Å². The summed E-state index contributed by atoms with van der Waals surface area (Å²) < 4.78 is 30.7. The summed E-state index contributed by atoms with van der Waals surface area (Å²) in [7, 11) is 1.47. The number of amides is 1. The standard InChI is InChI=1S/C66H119N2O7P/c1-7-10-13-16-19-22-25-28-30-32-34-36-38-40-43-46-49-52-55-58-65(69)67-63(62-74-76(71,72)73-61-60-68(4,5)6)64(57-54-51-48-45-42-27-24-21-18-15-12-9-3)75-66(70)59-56-53-50-47-44-41-39-37-35-33-31-29-26-23-20-17-14-11-8-2/h11,14,20,23,28-31,35,37,41,44,54,57,63-64H,7-10,12-13,15-19,21-22,24-27,32-34,36,38-40,42-43,45-53,55-56,58-62H2,1-6H3,(H-,67,69,71,72)/p+1/b14-11-,23-20-,30-28+,31-29-,37-35-,44-41-,57-54+. The lowest BCUT2D eigenvalue weighted by Gasteiger charge is -2.27. The fraction of sp³-hybridized carbons (Fsp3) is 0.758. The molecule has 0 saturated carbocycles. The van der Waals surface area contributed by atoms with E-state index < -0.39 is 20.0 Å². The van der Waals surface area contributed by atoms with Crippen molar-refractivity contribution in [3.05, 3.63) is 85.1 Å². The van der Waals surface area contributed by atoms with Crippen molar-refractivity contribution in [3.63, 3.8) is 0 Å². The summed E-state index contributed by atoms with van der Waals surface area (Å²) in [6, 6.07) is -0.867. The van der Waals surface area contributed by atoms with Crippen LogP contribution in [-0.4, -0.2) is 74.3 Å². The number of esters is 1. The summed E-state index contributed by atoms with van der Waals surface area (Å²) in [5.74, 6) is -0.544. The van der Waals surface area contributed by atoms with E-state index in [0.717, 1.165) is 89.9 Å². The molecule has 0 saturated heterocycles. The molecule has 0 fully saturated rings. The molecule has 0 aromatic heterocycles. The number of hydrogen-bond donors (Lipinski definition) is 2. The number of allylic oxidation sites excluding steroid dienone is 13. The monoisotopic (exact) mass is 1080 g/mol. The second kappa shape index (κ2) is 55.5. The number of nitrogens with zero attached hydrogens (tertiary/aromatic N) is 1. The number of phosphoric acid groups is 1. The Labute approximate surface area is 469 Å². The van der Waals surface area contributed by atoms with Crippen LogP contribution in [0.25, 0.3) is 0 Å². The highest BCUT2D eigenvalue weighted by Gasteiger charge is 2.30. The first kappa shape index (κ1) is 73.2. The molecule has 0 heterocycles. The molecule has 0 radical (unpaired) electrons. The highest BCUT2D eigenvalue weighted by Crippen LogP contribution is 2.43. The van der Waals surface area contributed by atoms with Gasteiger partial charge in [0.1, 0.15) is 19.3 Å². The third-order valence-electron chi connectivity index (χ3n) is 13.6. The minimum Gasteiger partial charge on any atom is -0.456 e. The Morgan fingerprint density at radius 1 is 0.474 bits per heavy atom. The maximum atomic E-state index is 13.6. The predicted molar refractivity (Wildman–Crippen MR) is 328 cm³/mol. The van der Waals surface area contributed by atoms with E-state index in [1.807, 2.05) is 33.3 Å². The number of carbonyl (C=O) groups is 2. The first-order valence-electron chi connectivity index (χ1n) is 31.4. The number of quaternary nitrogens is 1. The summed E-state index contributed by atoms with van der Waals surface area (Å²) in [5.41, 5.74) is 0. The van der Waals surface area contributed by atoms with Crippen LogP contribution >= 0.6 is 7.82 Å². The van der Waals surface area contributed by atoms with Crippen LogP contribution in [0.3, 0.4) is 0 Å². The van der Waals surface area contributed by atoms with Gasteiger partial charge < -0.3 is 19.4 Å². The zero-order chi connectivity index (χ0) is 55.7. The van der Waals surface area contributed by atoms with Crippen LogP contribution in [0.15, 0.2) is 85.1 Å². The Bertz CT molecular complexity index is 1580. The summed E-state index contributed by atoms with van der Waals surface area (Å²) in [4.78, 5) is 37.7. The van der Waals surface area contributed by atoms with Crippen LogP contribution in [0.1, 0.15) is 271 Å². The van der Waals surface area contributed by atoms with Crippen molar-refractivity contribution in [1.82, 2.24) is 5.32 Å². The Kier molecular flexibility index (Phi) is 53.5. The minimum absolute atomic E-state index is 0.0313. The molecule has 0 spiro atoms. The first-order valence-corrected chi connectivity index (χ1v) is 32.9. The average Bonchev–Trinajstić information content (AvgIpc) is 3.38. The van der Waals surface area contributed by atoms with E-state index in [-0.39, 0.29) is 31.5 Å². The summed E-state index contributed by atoms with van der Waals surface area (Å²) in [6.07, 6.45) is 72.9. The molecule has 3 atom stereocenters. The fourth-order valence-corrected chi connectivity index (χ4v) is 9.46. The minimum atomic E-state index is -4.46. The summed E-state index contributed by atoms with van der Waals surface area (Å²) >= 11 is 0. The van der Waals surface area contributed by atoms with E-state index >= 15 is 0 Å².